The molecule has 21 heavy (non-hydrogen) atoms. The molecule has 1 rings (SSSR count). The Labute approximate surface area is 128 Å². The fraction of sp³-hybridized carbons (Fsp3) is 0.647. The standard InChI is InChI=1S/C17H29NO3/c1-13(2)12-20-8-9-21-17-10-16(19-5)7-6-15(17)11-18-14(3)4/h6-7,10,13-14,18H,8-9,11-12H2,1-5H3. The van der Waals surface area contributed by atoms with Crippen LogP contribution < -0.4 is 14.8 Å². The number of hydrogen-bond donors (Lipinski definition) is 1. The first-order chi connectivity index (χ1) is 10.0. The number of ether oxygens (including phenoxy) is 3. The molecule has 0 aromatic heterocycles. The van der Waals surface area contributed by atoms with Crippen LogP contribution in [0.25, 0.3) is 0 Å². The summed E-state index contributed by atoms with van der Waals surface area (Å²) < 4.78 is 16.7. The van der Waals surface area contributed by atoms with Crippen molar-refractivity contribution in [3.05, 3.63) is 23.8 Å². The Kier molecular flexibility index (Phi) is 8.16. The van der Waals surface area contributed by atoms with E-state index in [1.165, 1.54) is 0 Å². The molecule has 0 saturated heterocycles. The van der Waals surface area contributed by atoms with Gasteiger partial charge in [-0.1, -0.05) is 33.8 Å². The summed E-state index contributed by atoms with van der Waals surface area (Å²) in [6.07, 6.45) is 0. The van der Waals surface area contributed by atoms with Gasteiger partial charge in [0.05, 0.1) is 13.7 Å². The molecule has 0 radical (unpaired) electrons. The molecule has 0 atom stereocenters. The molecule has 0 amide bonds. The number of hydrogen-bond acceptors (Lipinski definition) is 4. The number of methoxy groups -OCH3 is 1. The molecule has 0 aliphatic carbocycles. The van der Waals surface area contributed by atoms with Crippen molar-refractivity contribution in [2.24, 2.45) is 5.92 Å². The van der Waals surface area contributed by atoms with Gasteiger partial charge in [-0.3, -0.25) is 0 Å². The Hall–Kier alpha value is -1.26. The average Bonchev–Trinajstić information content (AvgIpc) is 2.44. The maximum Gasteiger partial charge on any atom is 0.127 e. The molecular weight excluding hydrogens is 266 g/mol. The zero-order valence-corrected chi connectivity index (χ0v) is 13.9. The predicted octanol–water partition coefficient (Wildman–Crippen LogP) is 3.24. The van der Waals surface area contributed by atoms with E-state index in [9.17, 15) is 0 Å². The van der Waals surface area contributed by atoms with Gasteiger partial charge >= 0.3 is 0 Å². The molecule has 0 unspecified atom stereocenters. The van der Waals surface area contributed by atoms with Gasteiger partial charge in [0.1, 0.15) is 18.1 Å². The molecule has 120 valence electrons. The van der Waals surface area contributed by atoms with Crippen molar-refractivity contribution in [3.8, 4) is 11.5 Å². The lowest BCUT2D eigenvalue weighted by molar-refractivity contribution is 0.0815. The normalized spacial score (nSPS) is 11.2. The quantitative estimate of drug-likeness (QED) is 0.673. The van der Waals surface area contributed by atoms with Crippen molar-refractivity contribution < 1.29 is 14.2 Å². The fourth-order valence-electron chi connectivity index (χ4n) is 1.79. The molecule has 0 bridgehead atoms. The van der Waals surface area contributed by atoms with E-state index in [-0.39, 0.29) is 0 Å². The number of rotatable bonds is 10. The predicted molar refractivity (Wildman–Crippen MR) is 86.1 cm³/mol. The van der Waals surface area contributed by atoms with Gasteiger partial charge in [0, 0.05) is 30.8 Å². The van der Waals surface area contributed by atoms with E-state index in [0.717, 1.165) is 30.2 Å². The average molecular weight is 295 g/mol. The van der Waals surface area contributed by atoms with Gasteiger partial charge in [-0.2, -0.15) is 0 Å². The molecule has 4 nitrogen and oxygen atoms in total. The van der Waals surface area contributed by atoms with Crippen LogP contribution in [-0.2, 0) is 11.3 Å². The van der Waals surface area contributed by atoms with Crippen molar-refractivity contribution in [1.29, 1.82) is 0 Å². The zero-order chi connectivity index (χ0) is 15.7. The van der Waals surface area contributed by atoms with Crippen LogP contribution in [0.2, 0.25) is 0 Å². The van der Waals surface area contributed by atoms with Crippen molar-refractivity contribution in [1.82, 2.24) is 5.32 Å². The lowest BCUT2D eigenvalue weighted by atomic mass is 10.2. The topological polar surface area (TPSA) is 39.7 Å². The van der Waals surface area contributed by atoms with Gasteiger partial charge in [-0.25, -0.2) is 0 Å². The minimum atomic E-state index is 0.439. The van der Waals surface area contributed by atoms with E-state index in [1.54, 1.807) is 7.11 Å². The van der Waals surface area contributed by atoms with E-state index < -0.39 is 0 Å². The van der Waals surface area contributed by atoms with Crippen LogP contribution in [0.15, 0.2) is 18.2 Å². The molecule has 0 aliphatic rings. The van der Waals surface area contributed by atoms with Crippen molar-refractivity contribution in [2.75, 3.05) is 26.9 Å². The molecule has 0 aliphatic heterocycles. The number of benzene rings is 1. The Morgan fingerprint density at radius 3 is 2.48 bits per heavy atom. The van der Waals surface area contributed by atoms with Crippen LogP contribution in [0.1, 0.15) is 33.3 Å². The van der Waals surface area contributed by atoms with Gasteiger partial charge in [0.25, 0.3) is 0 Å². The molecule has 0 heterocycles. The van der Waals surface area contributed by atoms with Gasteiger partial charge < -0.3 is 19.5 Å². The highest BCUT2D eigenvalue weighted by Gasteiger charge is 2.07. The lowest BCUT2D eigenvalue weighted by Crippen LogP contribution is -2.22. The fourth-order valence-corrected chi connectivity index (χ4v) is 1.79. The summed E-state index contributed by atoms with van der Waals surface area (Å²) in [7, 11) is 1.66. The second-order valence-corrected chi connectivity index (χ2v) is 5.83. The highest BCUT2D eigenvalue weighted by atomic mass is 16.5. The van der Waals surface area contributed by atoms with Gasteiger partial charge in [-0.15, -0.1) is 0 Å². The second-order valence-electron chi connectivity index (χ2n) is 5.83. The summed E-state index contributed by atoms with van der Waals surface area (Å²) in [4.78, 5) is 0. The van der Waals surface area contributed by atoms with Crippen LogP contribution in [0.3, 0.4) is 0 Å². The smallest absolute Gasteiger partial charge is 0.127 e. The van der Waals surface area contributed by atoms with E-state index in [1.807, 2.05) is 18.2 Å². The van der Waals surface area contributed by atoms with Crippen LogP contribution in [-0.4, -0.2) is 33.0 Å². The minimum absolute atomic E-state index is 0.439. The molecule has 4 heteroatoms. The largest absolute Gasteiger partial charge is 0.497 e. The molecule has 1 aromatic carbocycles. The Morgan fingerprint density at radius 1 is 1.10 bits per heavy atom. The lowest BCUT2D eigenvalue weighted by Gasteiger charge is -2.15. The van der Waals surface area contributed by atoms with Gasteiger partial charge in [-0.05, 0) is 12.0 Å². The van der Waals surface area contributed by atoms with E-state index >= 15 is 0 Å². The second kappa shape index (κ2) is 9.64. The number of nitrogens with one attached hydrogen (secondary N) is 1. The third-order valence-corrected chi connectivity index (χ3v) is 2.91. The van der Waals surface area contributed by atoms with Gasteiger partial charge in [0.15, 0.2) is 0 Å². The van der Waals surface area contributed by atoms with Crippen LogP contribution in [0.5, 0.6) is 11.5 Å². The third-order valence-electron chi connectivity index (χ3n) is 2.91. The molecule has 0 spiro atoms. The van der Waals surface area contributed by atoms with E-state index in [2.05, 4.69) is 33.0 Å². The third kappa shape index (κ3) is 7.34. The van der Waals surface area contributed by atoms with Crippen LogP contribution in [0.4, 0.5) is 0 Å². The maximum absolute atomic E-state index is 5.85. The van der Waals surface area contributed by atoms with Crippen molar-refractivity contribution in [2.45, 2.75) is 40.3 Å². The molecular formula is C17H29NO3. The molecule has 1 aromatic rings. The zero-order valence-electron chi connectivity index (χ0n) is 13.9. The summed E-state index contributed by atoms with van der Waals surface area (Å²) in [6, 6.07) is 6.37. The first-order valence-electron chi connectivity index (χ1n) is 7.63. The van der Waals surface area contributed by atoms with Crippen molar-refractivity contribution in [3.63, 3.8) is 0 Å². The summed E-state index contributed by atoms with van der Waals surface area (Å²) in [5, 5.41) is 3.40. The SMILES string of the molecule is COc1ccc(CNC(C)C)c(OCCOCC(C)C)c1. The monoisotopic (exact) mass is 295 g/mol. The molecule has 0 saturated carbocycles. The molecule has 0 fully saturated rings. The summed E-state index contributed by atoms with van der Waals surface area (Å²) in [5.74, 6) is 2.21. The summed E-state index contributed by atoms with van der Waals surface area (Å²) >= 11 is 0. The Morgan fingerprint density at radius 2 is 1.86 bits per heavy atom. The summed E-state index contributed by atoms with van der Waals surface area (Å²) in [6.45, 7) is 11.2. The first kappa shape index (κ1) is 17.8. The highest BCUT2D eigenvalue weighted by Crippen LogP contribution is 2.25. The minimum Gasteiger partial charge on any atom is -0.497 e. The Bertz CT molecular complexity index is 405. The first-order valence-corrected chi connectivity index (χ1v) is 7.63. The van der Waals surface area contributed by atoms with Crippen LogP contribution >= 0.6 is 0 Å². The molecule has 1 N–H and O–H groups in total. The summed E-state index contributed by atoms with van der Waals surface area (Å²) in [5.41, 5.74) is 1.13. The maximum atomic E-state index is 5.85. The van der Waals surface area contributed by atoms with Crippen molar-refractivity contribution >= 4 is 0 Å². The Balaban J connectivity index is 2.55. The van der Waals surface area contributed by atoms with Gasteiger partial charge in [0.2, 0.25) is 0 Å². The highest BCUT2D eigenvalue weighted by molar-refractivity contribution is 5.40. The van der Waals surface area contributed by atoms with E-state index in [0.29, 0.717) is 25.2 Å². The van der Waals surface area contributed by atoms with Crippen LogP contribution in [0, 0.1) is 5.92 Å². The van der Waals surface area contributed by atoms with E-state index in [4.69, 9.17) is 14.2 Å².